The number of hydrogen-bond donors (Lipinski definition) is 1. The summed E-state index contributed by atoms with van der Waals surface area (Å²) in [6.07, 6.45) is 0. The highest BCUT2D eigenvalue weighted by Gasteiger charge is 2.50. The van der Waals surface area contributed by atoms with E-state index in [0.29, 0.717) is 22.8 Å². The van der Waals surface area contributed by atoms with Crippen molar-refractivity contribution in [2.24, 2.45) is 0 Å². The zero-order valence-corrected chi connectivity index (χ0v) is 18.5. The van der Waals surface area contributed by atoms with Crippen LogP contribution in [0.2, 0.25) is 5.02 Å². The molecule has 1 fully saturated rings. The van der Waals surface area contributed by atoms with Crippen molar-refractivity contribution in [2.75, 3.05) is 20.3 Å². The van der Waals surface area contributed by atoms with Gasteiger partial charge in [0.2, 0.25) is 0 Å². The van der Waals surface area contributed by atoms with Crippen molar-refractivity contribution in [3.63, 3.8) is 0 Å². The number of imide groups is 1. The number of methoxy groups -OCH3 is 1. The van der Waals surface area contributed by atoms with Gasteiger partial charge in [-0.2, -0.15) is 0 Å². The first kappa shape index (κ1) is 22.1. The van der Waals surface area contributed by atoms with E-state index in [1.807, 2.05) is 25.3 Å². The molecule has 3 amide bonds. The van der Waals surface area contributed by atoms with Gasteiger partial charge in [0.25, 0.3) is 5.91 Å². The number of amides is 3. The van der Waals surface area contributed by atoms with E-state index in [1.165, 1.54) is 0 Å². The molecule has 1 aliphatic rings. The first-order valence-electron chi connectivity index (χ1n) is 9.71. The van der Waals surface area contributed by atoms with Crippen LogP contribution in [0.3, 0.4) is 0 Å². The number of aromatic nitrogens is 1. The monoisotopic (exact) mass is 431 g/mol. The SMILES string of the molecule is COCC(C)n1c(C)cc(C(=O)CN2C(=O)NC(C)(c3ccccc3Cl)C2=O)c1C. The average Bonchev–Trinajstić information content (AvgIpc) is 3.10. The quantitative estimate of drug-likeness (QED) is 0.536. The second-order valence-electron chi connectivity index (χ2n) is 7.81. The van der Waals surface area contributed by atoms with Crippen LogP contribution in [0.15, 0.2) is 30.3 Å². The molecule has 0 bridgehead atoms. The Labute approximate surface area is 180 Å². The van der Waals surface area contributed by atoms with Crippen LogP contribution < -0.4 is 5.32 Å². The summed E-state index contributed by atoms with van der Waals surface area (Å²) in [7, 11) is 1.63. The number of nitrogens with zero attached hydrogens (tertiary/aromatic N) is 2. The highest BCUT2D eigenvalue weighted by atomic mass is 35.5. The molecule has 0 radical (unpaired) electrons. The fraction of sp³-hybridized carbons (Fsp3) is 0.409. The lowest BCUT2D eigenvalue weighted by Gasteiger charge is -2.23. The Balaban J connectivity index is 1.86. The summed E-state index contributed by atoms with van der Waals surface area (Å²) in [4.78, 5) is 39.7. The van der Waals surface area contributed by atoms with Gasteiger partial charge in [0, 0.05) is 34.6 Å². The number of urea groups is 1. The fourth-order valence-electron chi connectivity index (χ4n) is 4.17. The van der Waals surface area contributed by atoms with E-state index in [0.717, 1.165) is 16.3 Å². The molecule has 160 valence electrons. The van der Waals surface area contributed by atoms with Crippen LogP contribution in [0, 0.1) is 13.8 Å². The van der Waals surface area contributed by atoms with Crippen molar-refractivity contribution in [1.82, 2.24) is 14.8 Å². The highest BCUT2D eigenvalue weighted by Crippen LogP contribution is 2.33. The first-order chi connectivity index (χ1) is 14.1. The van der Waals surface area contributed by atoms with Gasteiger partial charge in [-0.25, -0.2) is 4.79 Å². The van der Waals surface area contributed by atoms with Crippen LogP contribution in [0.5, 0.6) is 0 Å². The minimum absolute atomic E-state index is 0.0526. The highest BCUT2D eigenvalue weighted by molar-refractivity contribution is 6.32. The maximum atomic E-state index is 13.1. The molecule has 7 nitrogen and oxygen atoms in total. The van der Waals surface area contributed by atoms with E-state index in [-0.39, 0.29) is 18.4 Å². The van der Waals surface area contributed by atoms with E-state index >= 15 is 0 Å². The Kier molecular flexibility index (Phi) is 6.06. The van der Waals surface area contributed by atoms with Crippen molar-refractivity contribution < 1.29 is 19.1 Å². The molecule has 2 aromatic rings. The fourth-order valence-corrected chi connectivity index (χ4v) is 4.50. The van der Waals surface area contributed by atoms with Crippen molar-refractivity contribution >= 4 is 29.3 Å². The van der Waals surface area contributed by atoms with E-state index < -0.39 is 17.5 Å². The molecule has 30 heavy (non-hydrogen) atoms. The Morgan fingerprint density at radius 1 is 1.27 bits per heavy atom. The van der Waals surface area contributed by atoms with E-state index in [2.05, 4.69) is 5.32 Å². The standard InChI is InChI=1S/C22H26ClN3O4/c1-13-10-16(15(3)26(13)14(2)12-30-5)19(27)11-25-20(28)22(4,24-21(25)29)17-8-6-7-9-18(17)23/h6-10,14H,11-12H2,1-5H3,(H,24,29). The molecule has 1 saturated heterocycles. The Morgan fingerprint density at radius 2 is 1.93 bits per heavy atom. The summed E-state index contributed by atoms with van der Waals surface area (Å²) in [5.74, 6) is -0.804. The number of Topliss-reactive ketones (excluding diaryl/α,β-unsaturated/α-hetero) is 1. The number of rotatable bonds is 7. The molecule has 8 heteroatoms. The van der Waals surface area contributed by atoms with Crippen LogP contribution in [0.4, 0.5) is 4.79 Å². The molecular formula is C22H26ClN3O4. The van der Waals surface area contributed by atoms with Crippen molar-refractivity contribution in [3.05, 3.63) is 57.9 Å². The average molecular weight is 432 g/mol. The molecule has 0 saturated carbocycles. The number of halogens is 1. The molecule has 0 aliphatic carbocycles. The molecule has 3 rings (SSSR count). The largest absolute Gasteiger partial charge is 0.383 e. The van der Waals surface area contributed by atoms with Crippen molar-refractivity contribution in [2.45, 2.75) is 39.3 Å². The molecule has 1 aliphatic heterocycles. The molecule has 0 spiro atoms. The maximum absolute atomic E-state index is 13.1. The summed E-state index contributed by atoms with van der Waals surface area (Å²) < 4.78 is 7.25. The van der Waals surface area contributed by atoms with E-state index in [1.54, 1.807) is 44.4 Å². The first-order valence-corrected chi connectivity index (χ1v) is 10.1. The Hall–Kier alpha value is -2.64. The zero-order chi connectivity index (χ0) is 22.2. The predicted molar refractivity (Wildman–Crippen MR) is 114 cm³/mol. The van der Waals surface area contributed by atoms with Crippen molar-refractivity contribution in [3.8, 4) is 0 Å². The van der Waals surface area contributed by atoms with Gasteiger partial charge in [-0.15, -0.1) is 0 Å². The number of benzene rings is 1. The minimum Gasteiger partial charge on any atom is -0.383 e. The number of ether oxygens (including phenoxy) is 1. The van der Waals surface area contributed by atoms with E-state index in [9.17, 15) is 14.4 Å². The summed E-state index contributed by atoms with van der Waals surface area (Å²) in [6, 6.07) is 8.07. The Bertz CT molecular complexity index is 1020. The topological polar surface area (TPSA) is 80.6 Å². The van der Waals surface area contributed by atoms with Crippen LogP contribution in [0.25, 0.3) is 0 Å². The molecular weight excluding hydrogens is 406 g/mol. The molecule has 1 N–H and O–H groups in total. The van der Waals surface area contributed by atoms with Crippen LogP contribution in [0.1, 0.15) is 47.2 Å². The third-order valence-electron chi connectivity index (χ3n) is 5.62. The summed E-state index contributed by atoms with van der Waals surface area (Å²) >= 11 is 6.25. The van der Waals surface area contributed by atoms with E-state index in [4.69, 9.17) is 16.3 Å². The molecule has 2 atom stereocenters. The van der Waals surface area contributed by atoms with Gasteiger partial charge in [-0.05, 0) is 39.8 Å². The van der Waals surface area contributed by atoms with Gasteiger partial charge in [0.05, 0.1) is 19.2 Å². The summed E-state index contributed by atoms with van der Waals surface area (Å²) in [5, 5.41) is 3.06. The van der Waals surface area contributed by atoms with Gasteiger partial charge in [0.1, 0.15) is 5.54 Å². The lowest BCUT2D eigenvalue weighted by atomic mass is 9.92. The molecule has 2 unspecified atom stereocenters. The van der Waals surface area contributed by atoms with Crippen molar-refractivity contribution in [1.29, 1.82) is 0 Å². The second-order valence-corrected chi connectivity index (χ2v) is 8.22. The van der Waals surface area contributed by atoms with Gasteiger partial charge in [-0.1, -0.05) is 29.8 Å². The number of ketones is 1. The van der Waals surface area contributed by atoms with Gasteiger partial charge < -0.3 is 14.6 Å². The minimum atomic E-state index is -1.32. The van der Waals surface area contributed by atoms with Gasteiger partial charge in [0.15, 0.2) is 5.78 Å². The summed E-state index contributed by atoms with van der Waals surface area (Å²) in [6.45, 7) is 7.53. The van der Waals surface area contributed by atoms with Gasteiger partial charge >= 0.3 is 6.03 Å². The lowest BCUT2D eigenvalue weighted by Crippen LogP contribution is -2.41. The molecule has 1 aromatic heterocycles. The lowest BCUT2D eigenvalue weighted by molar-refractivity contribution is -0.130. The number of carbonyl (C=O) groups excluding carboxylic acids is 3. The third-order valence-corrected chi connectivity index (χ3v) is 5.95. The Morgan fingerprint density at radius 3 is 2.57 bits per heavy atom. The predicted octanol–water partition coefficient (Wildman–Crippen LogP) is 3.62. The number of nitrogens with one attached hydrogen (secondary N) is 1. The second kappa shape index (κ2) is 8.24. The van der Waals surface area contributed by atoms with Gasteiger partial charge in [-0.3, -0.25) is 14.5 Å². The third kappa shape index (κ3) is 3.63. The normalized spacial score (nSPS) is 19.9. The molecule has 2 heterocycles. The number of aryl methyl sites for hydroxylation is 1. The van der Waals surface area contributed by atoms with Crippen LogP contribution in [-0.4, -0.2) is 47.4 Å². The summed E-state index contributed by atoms with van der Waals surface area (Å²) in [5.41, 5.74) is 1.36. The zero-order valence-electron chi connectivity index (χ0n) is 17.8. The van der Waals surface area contributed by atoms with Crippen LogP contribution >= 0.6 is 11.6 Å². The van der Waals surface area contributed by atoms with Crippen LogP contribution in [-0.2, 0) is 15.1 Å². The number of carbonyl (C=O) groups is 3. The maximum Gasteiger partial charge on any atom is 0.325 e. The number of hydrogen-bond acceptors (Lipinski definition) is 4. The molecule has 1 aromatic carbocycles. The smallest absolute Gasteiger partial charge is 0.325 e.